The van der Waals surface area contributed by atoms with Gasteiger partial charge >= 0.3 is 0 Å². The molecule has 2 N–H and O–H groups in total. The van der Waals surface area contributed by atoms with Crippen LogP contribution in [0.15, 0.2) is 30.9 Å². The Labute approximate surface area is 101 Å². The van der Waals surface area contributed by atoms with E-state index in [-0.39, 0.29) is 6.04 Å². The van der Waals surface area contributed by atoms with E-state index in [0.29, 0.717) is 0 Å². The smallest absolute Gasteiger partial charge is 0.124 e. The van der Waals surface area contributed by atoms with Gasteiger partial charge < -0.3 is 10.3 Å². The van der Waals surface area contributed by atoms with Gasteiger partial charge in [0.15, 0.2) is 0 Å². The van der Waals surface area contributed by atoms with Gasteiger partial charge in [0.05, 0.1) is 17.1 Å². The highest BCUT2D eigenvalue weighted by Crippen LogP contribution is 2.17. The Morgan fingerprint density at radius 1 is 1.65 bits per heavy atom. The molecule has 0 aliphatic rings. The maximum atomic E-state index is 5.37. The van der Waals surface area contributed by atoms with E-state index in [4.69, 9.17) is 6.42 Å². The van der Waals surface area contributed by atoms with E-state index in [9.17, 15) is 0 Å². The zero-order valence-corrected chi connectivity index (χ0v) is 9.83. The summed E-state index contributed by atoms with van der Waals surface area (Å²) in [5.41, 5.74) is 2.77. The normalized spacial score (nSPS) is 12.2. The number of H-pyrrole nitrogens is 1. The zero-order valence-electron chi connectivity index (χ0n) is 9.83. The van der Waals surface area contributed by atoms with E-state index >= 15 is 0 Å². The molecule has 0 amide bonds. The number of imidazole rings is 1. The van der Waals surface area contributed by atoms with Gasteiger partial charge in [-0.1, -0.05) is 12.0 Å². The minimum atomic E-state index is 0.162. The number of aromatic amines is 1. The van der Waals surface area contributed by atoms with Crippen LogP contribution in [-0.4, -0.2) is 16.5 Å². The first-order chi connectivity index (χ1) is 8.24. The molecule has 3 heteroatoms. The van der Waals surface area contributed by atoms with Gasteiger partial charge in [0, 0.05) is 12.1 Å². The van der Waals surface area contributed by atoms with Crippen LogP contribution in [0.4, 0.5) is 0 Å². The first kappa shape index (κ1) is 11.4. The molecule has 0 saturated carbocycles. The minimum absolute atomic E-state index is 0.162. The third-order valence-corrected chi connectivity index (χ3v) is 2.65. The second-order valence-corrected chi connectivity index (χ2v) is 3.92. The minimum Gasteiger partial charge on any atom is -0.341 e. The predicted molar refractivity (Wildman–Crippen MR) is 70.6 cm³/mol. The summed E-state index contributed by atoms with van der Waals surface area (Å²) in [5.74, 6) is 3.53. The van der Waals surface area contributed by atoms with Crippen molar-refractivity contribution in [3.63, 3.8) is 0 Å². The van der Waals surface area contributed by atoms with Crippen molar-refractivity contribution in [1.82, 2.24) is 15.3 Å². The first-order valence-corrected chi connectivity index (χ1v) is 5.55. The van der Waals surface area contributed by atoms with Gasteiger partial charge in [-0.25, -0.2) is 4.98 Å². The van der Waals surface area contributed by atoms with Crippen LogP contribution < -0.4 is 5.32 Å². The van der Waals surface area contributed by atoms with Crippen LogP contribution in [0.2, 0.25) is 0 Å². The molecule has 3 nitrogen and oxygen atoms in total. The molecule has 2 aromatic rings. The van der Waals surface area contributed by atoms with Crippen LogP contribution in [0.25, 0.3) is 11.0 Å². The first-order valence-electron chi connectivity index (χ1n) is 5.55. The summed E-state index contributed by atoms with van der Waals surface area (Å²) in [6.45, 7) is 6.49. The molecule has 0 bridgehead atoms. The maximum Gasteiger partial charge on any atom is 0.124 e. The summed E-state index contributed by atoms with van der Waals surface area (Å²) < 4.78 is 0. The van der Waals surface area contributed by atoms with Gasteiger partial charge in [0.2, 0.25) is 0 Å². The Hall–Kier alpha value is -2.05. The summed E-state index contributed by atoms with van der Waals surface area (Å²) in [6.07, 6.45) is 7.19. The van der Waals surface area contributed by atoms with Gasteiger partial charge in [0.1, 0.15) is 5.82 Å². The number of nitrogens with one attached hydrogen (secondary N) is 2. The van der Waals surface area contributed by atoms with E-state index < -0.39 is 0 Å². The van der Waals surface area contributed by atoms with Crippen molar-refractivity contribution in [1.29, 1.82) is 0 Å². The van der Waals surface area contributed by atoms with E-state index in [2.05, 4.69) is 34.7 Å². The lowest BCUT2D eigenvalue weighted by Gasteiger charge is -2.08. The molecule has 1 heterocycles. The van der Waals surface area contributed by atoms with Crippen molar-refractivity contribution in [2.75, 3.05) is 6.54 Å². The van der Waals surface area contributed by atoms with Crippen LogP contribution in [0.5, 0.6) is 0 Å². The number of hydrogen-bond acceptors (Lipinski definition) is 2. The molecule has 1 unspecified atom stereocenters. The maximum absolute atomic E-state index is 5.37. The predicted octanol–water partition coefficient (Wildman–Crippen LogP) is 2.38. The molecule has 0 fully saturated rings. The fourth-order valence-corrected chi connectivity index (χ4v) is 1.68. The van der Waals surface area contributed by atoms with Crippen LogP contribution in [0.1, 0.15) is 24.4 Å². The molecule has 2 rings (SSSR count). The number of rotatable bonds is 4. The monoisotopic (exact) mass is 225 g/mol. The van der Waals surface area contributed by atoms with Gasteiger partial charge in [0.25, 0.3) is 0 Å². The summed E-state index contributed by atoms with van der Waals surface area (Å²) in [5, 5.41) is 3.29. The van der Waals surface area contributed by atoms with Crippen molar-refractivity contribution >= 4 is 11.0 Å². The molecule has 0 aliphatic heterocycles. The standard InChI is InChI=1S/C14H15N3/c1-4-8-15-10(3)14-16-12-7-6-11(5-2)9-13(12)17-14/h2,4,6-7,9-10,15H,1,8H2,3H3,(H,16,17). The number of nitrogens with zero attached hydrogens (tertiary/aromatic N) is 1. The Kier molecular flexibility index (Phi) is 3.27. The number of benzene rings is 1. The van der Waals surface area contributed by atoms with Crippen LogP contribution in [0.3, 0.4) is 0 Å². The van der Waals surface area contributed by atoms with Gasteiger partial charge in [-0.3, -0.25) is 0 Å². The van der Waals surface area contributed by atoms with E-state index in [1.807, 2.05) is 24.3 Å². The highest BCUT2D eigenvalue weighted by Gasteiger charge is 2.09. The number of fused-ring (bicyclic) bond motifs is 1. The van der Waals surface area contributed by atoms with Gasteiger partial charge in [-0.2, -0.15) is 0 Å². The topological polar surface area (TPSA) is 40.7 Å². The Morgan fingerprint density at radius 2 is 2.47 bits per heavy atom. The van der Waals surface area contributed by atoms with Crippen LogP contribution in [0, 0.1) is 12.3 Å². The second-order valence-electron chi connectivity index (χ2n) is 3.92. The van der Waals surface area contributed by atoms with Crippen molar-refractivity contribution in [3.05, 3.63) is 42.2 Å². The van der Waals surface area contributed by atoms with Gasteiger partial charge in [-0.15, -0.1) is 13.0 Å². The average Bonchev–Trinajstić information content (AvgIpc) is 2.78. The van der Waals surface area contributed by atoms with Crippen LogP contribution in [-0.2, 0) is 0 Å². The molecule has 0 aliphatic carbocycles. The largest absolute Gasteiger partial charge is 0.341 e. The van der Waals surface area contributed by atoms with Crippen molar-refractivity contribution in [2.45, 2.75) is 13.0 Å². The van der Waals surface area contributed by atoms with Crippen molar-refractivity contribution < 1.29 is 0 Å². The molecular formula is C14H15N3. The summed E-state index contributed by atoms with van der Waals surface area (Å²) in [4.78, 5) is 7.80. The molecule has 17 heavy (non-hydrogen) atoms. The Morgan fingerprint density at radius 3 is 3.18 bits per heavy atom. The molecule has 1 aromatic heterocycles. The van der Waals surface area contributed by atoms with E-state index in [1.54, 1.807) is 0 Å². The lowest BCUT2D eigenvalue weighted by Crippen LogP contribution is -2.19. The molecule has 0 spiro atoms. The number of hydrogen-bond donors (Lipinski definition) is 2. The fourth-order valence-electron chi connectivity index (χ4n) is 1.68. The Balaban J connectivity index is 2.31. The lowest BCUT2D eigenvalue weighted by atomic mass is 10.2. The zero-order chi connectivity index (χ0) is 12.3. The third-order valence-electron chi connectivity index (χ3n) is 2.65. The second kappa shape index (κ2) is 4.86. The molecule has 0 saturated heterocycles. The SMILES string of the molecule is C#Cc1ccc2nc(C(C)NCC=C)[nH]c2c1. The van der Waals surface area contributed by atoms with Crippen molar-refractivity contribution in [3.8, 4) is 12.3 Å². The molecule has 1 atom stereocenters. The molecule has 1 aromatic carbocycles. The molecular weight excluding hydrogens is 210 g/mol. The average molecular weight is 225 g/mol. The highest BCUT2D eigenvalue weighted by molar-refractivity contribution is 5.76. The van der Waals surface area contributed by atoms with Crippen molar-refractivity contribution in [2.24, 2.45) is 0 Å². The van der Waals surface area contributed by atoms with E-state index in [0.717, 1.165) is 29.0 Å². The summed E-state index contributed by atoms with van der Waals surface area (Å²) in [7, 11) is 0. The Bertz CT molecular complexity index is 575. The fraction of sp³-hybridized carbons (Fsp3) is 0.214. The third kappa shape index (κ3) is 2.38. The highest BCUT2D eigenvalue weighted by atomic mass is 15.0. The lowest BCUT2D eigenvalue weighted by molar-refractivity contribution is 0.590. The molecule has 0 radical (unpaired) electrons. The number of aromatic nitrogens is 2. The summed E-state index contributed by atoms with van der Waals surface area (Å²) >= 11 is 0. The molecule has 86 valence electrons. The van der Waals surface area contributed by atoms with Crippen LogP contribution >= 0.6 is 0 Å². The van der Waals surface area contributed by atoms with E-state index in [1.165, 1.54) is 0 Å². The number of terminal acetylenes is 1. The van der Waals surface area contributed by atoms with Gasteiger partial charge in [-0.05, 0) is 25.1 Å². The quantitative estimate of drug-likeness (QED) is 0.619. The summed E-state index contributed by atoms with van der Waals surface area (Å²) in [6, 6.07) is 5.93.